The van der Waals surface area contributed by atoms with E-state index in [0.717, 1.165) is 10.0 Å². The van der Waals surface area contributed by atoms with Gasteiger partial charge in [0.2, 0.25) is 0 Å². The molecule has 0 aromatic heterocycles. The second kappa shape index (κ2) is 7.45. The number of rotatable bonds is 2. The van der Waals surface area contributed by atoms with E-state index < -0.39 is 17.2 Å². The van der Waals surface area contributed by atoms with Gasteiger partial charge in [-0.25, -0.2) is 4.79 Å². The second-order valence-corrected chi connectivity index (χ2v) is 9.16. The van der Waals surface area contributed by atoms with Gasteiger partial charge in [0.05, 0.1) is 12.1 Å². The zero-order valence-corrected chi connectivity index (χ0v) is 16.7. The molecular formula is C17H23BrN2O3S. The first kappa shape index (κ1) is 19.3. The Kier molecular flexibility index (Phi) is 5.99. The maximum absolute atomic E-state index is 12.0. The number of amides is 1. The monoisotopic (exact) mass is 414 g/mol. The summed E-state index contributed by atoms with van der Waals surface area (Å²) in [5.41, 5.74) is -0.0695. The summed E-state index contributed by atoms with van der Waals surface area (Å²) in [5.74, 6) is 0. The molecule has 7 heteroatoms. The fraction of sp³-hybridized carbons (Fsp3) is 0.529. The van der Waals surface area contributed by atoms with E-state index in [1.807, 2.05) is 52.0 Å². The third-order valence-electron chi connectivity index (χ3n) is 3.51. The predicted molar refractivity (Wildman–Crippen MR) is 101 cm³/mol. The van der Waals surface area contributed by atoms with Gasteiger partial charge >= 0.3 is 6.09 Å². The number of hydrogen-bond donors (Lipinski definition) is 2. The third kappa shape index (κ3) is 5.22. The van der Waals surface area contributed by atoms with Crippen LogP contribution in [0.5, 0.6) is 0 Å². The Hall–Kier alpha value is -1.05. The Balaban J connectivity index is 2.26. The minimum absolute atomic E-state index is 0.0171. The van der Waals surface area contributed by atoms with Crippen LogP contribution in [0.4, 0.5) is 4.79 Å². The number of aliphatic imine (C=N–C) groups is 1. The number of amidine groups is 1. The highest BCUT2D eigenvalue weighted by Crippen LogP contribution is 2.39. The number of alkyl carbamates (subject to hydrolysis) is 1. The molecule has 1 aliphatic rings. The molecule has 0 radical (unpaired) electrons. The number of nitrogens with one attached hydrogen (secondary N) is 1. The van der Waals surface area contributed by atoms with Gasteiger partial charge in [0, 0.05) is 9.72 Å². The first-order chi connectivity index (χ1) is 11.1. The molecule has 1 heterocycles. The van der Waals surface area contributed by atoms with E-state index in [2.05, 4.69) is 21.2 Å². The second-order valence-electron chi connectivity index (χ2n) is 6.95. The average molecular weight is 415 g/mol. The van der Waals surface area contributed by atoms with Crippen molar-refractivity contribution in [3.8, 4) is 0 Å². The summed E-state index contributed by atoms with van der Waals surface area (Å²) in [6.45, 7) is 7.46. The van der Waals surface area contributed by atoms with Crippen molar-refractivity contribution in [1.82, 2.24) is 5.32 Å². The molecule has 24 heavy (non-hydrogen) atoms. The number of aliphatic hydroxyl groups is 1. The lowest BCUT2D eigenvalue weighted by atomic mass is 9.88. The van der Waals surface area contributed by atoms with Gasteiger partial charge in [0.25, 0.3) is 0 Å². The SMILES string of the molecule is CC(C)(C)OC(=O)NC1=N[C@](C)(c2cccc(Br)c2)C[C@@H](CO)S1. The van der Waals surface area contributed by atoms with Crippen LogP contribution in [0.25, 0.3) is 0 Å². The molecule has 1 amide bonds. The number of hydrogen-bond acceptors (Lipinski definition) is 5. The number of ether oxygens (including phenoxy) is 1. The number of thioether (sulfide) groups is 1. The summed E-state index contributed by atoms with van der Waals surface area (Å²) in [4.78, 5) is 16.8. The van der Waals surface area contributed by atoms with Crippen molar-refractivity contribution in [2.24, 2.45) is 4.99 Å². The maximum atomic E-state index is 12.0. The average Bonchev–Trinajstić information content (AvgIpc) is 2.44. The minimum atomic E-state index is -0.575. The molecule has 0 saturated carbocycles. The quantitative estimate of drug-likeness (QED) is 0.765. The van der Waals surface area contributed by atoms with Crippen LogP contribution in [0.1, 0.15) is 39.7 Å². The standard InChI is InChI=1S/C17H23BrN2O3S/c1-16(2,3)23-15(22)19-14-20-17(4,9-13(10-21)24-14)11-6-5-7-12(18)8-11/h5-8,13,21H,9-10H2,1-4H3,(H,19,20,22)/t13-,17-/m0/s1. The van der Waals surface area contributed by atoms with Gasteiger partial charge in [-0.1, -0.05) is 39.8 Å². The third-order valence-corrected chi connectivity index (χ3v) is 5.07. The van der Waals surface area contributed by atoms with Crippen LogP contribution < -0.4 is 5.32 Å². The fourth-order valence-corrected chi connectivity index (χ4v) is 4.09. The molecule has 0 saturated heterocycles. The summed E-state index contributed by atoms with van der Waals surface area (Å²) in [6.07, 6.45) is 0.147. The van der Waals surface area contributed by atoms with Crippen molar-refractivity contribution in [3.63, 3.8) is 0 Å². The van der Waals surface area contributed by atoms with Crippen LogP contribution >= 0.6 is 27.7 Å². The lowest BCUT2D eigenvalue weighted by Crippen LogP contribution is -2.41. The largest absolute Gasteiger partial charge is 0.444 e. The van der Waals surface area contributed by atoms with Crippen LogP contribution in [0.15, 0.2) is 33.7 Å². The number of carbonyl (C=O) groups is 1. The summed E-state index contributed by atoms with van der Waals surface area (Å²) < 4.78 is 6.26. The zero-order valence-electron chi connectivity index (χ0n) is 14.3. The molecule has 2 atom stereocenters. The highest BCUT2D eigenvalue weighted by Gasteiger charge is 2.36. The molecule has 1 aromatic rings. The molecule has 132 valence electrons. The Morgan fingerprint density at radius 2 is 2.25 bits per heavy atom. The van der Waals surface area contributed by atoms with Gasteiger partial charge in [0.15, 0.2) is 5.17 Å². The van der Waals surface area contributed by atoms with E-state index >= 15 is 0 Å². The number of benzene rings is 1. The Morgan fingerprint density at radius 1 is 1.54 bits per heavy atom. The van der Waals surface area contributed by atoms with Crippen molar-refractivity contribution in [2.45, 2.75) is 50.5 Å². The van der Waals surface area contributed by atoms with E-state index in [-0.39, 0.29) is 11.9 Å². The van der Waals surface area contributed by atoms with Gasteiger partial charge in [-0.2, -0.15) is 0 Å². The Morgan fingerprint density at radius 3 is 2.83 bits per heavy atom. The first-order valence-corrected chi connectivity index (χ1v) is 9.42. The van der Waals surface area contributed by atoms with E-state index in [9.17, 15) is 9.90 Å². The Bertz CT molecular complexity index is 645. The van der Waals surface area contributed by atoms with Gasteiger partial charge in [-0.05, 0) is 51.8 Å². The van der Waals surface area contributed by atoms with Crippen molar-refractivity contribution >= 4 is 39.0 Å². The van der Waals surface area contributed by atoms with Crippen LogP contribution in [0.2, 0.25) is 0 Å². The highest BCUT2D eigenvalue weighted by molar-refractivity contribution is 9.10. The van der Waals surface area contributed by atoms with Crippen molar-refractivity contribution in [3.05, 3.63) is 34.3 Å². The normalized spacial score (nSPS) is 24.2. The summed E-state index contributed by atoms with van der Waals surface area (Å²) in [7, 11) is 0. The van der Waals surface area contributed by atoms with E-state index in [4.69, 9.17) is 9.73 Å². The van der Waals surface area contributed by atoms with Gasteiger partial charge in [-0.15, -0.1) is 0 Å². The molecule has 0 aliphatic carbocycles. The van der Waals surface area contributed by atoms with Crippen LogP contribution in [0.3, 0.4) is 0 Å². The topological polar surface area (TPSA) is 70.9 Å². The predicted octanol–water partition coefficient (Wildman–Crippen LogP) is 4.04. The minimum Gasteiger partial charge on any atom is -0.444 e. The Labute approximate surface area is 155 Å². The number of aliphatic hydroxyl groups excluding tert-OH is 1. The number of carbonyl (C=O) groups excluding carboxylic acids is 1. The van der Waals surface area contributed by atoms with Crippen molar-refractivity contribution < 1.29 is 14.6 Å². The number of halogens is 1. The zero-order chi connectivity index (χ0) is 18.0. The van der Waals surface area contributed by atoms with E-state index in [1.165, 1.54) is 11.8 Å². The molecule has 1 aromatic carbocycles. The van der Waals surface area contributed by atoms with Gasteiger partial charge in [0.1, 0.15) is 5.60 Å². The molecule has 0 spiro atoms. The lowest BCUT2D eigenvalue weighted by molar-refractivity contribution is 0.0564. The molecule has 0 unspecified atom stereocenters. The van der Waals surface area contributed by atoms with Crippen molar-refractivity contribution in [2.75, 3.05) is 6.61 Å². The molecular weight excluding hydrogens is 392 g/mol. The maximum Gasteiger partial charge on any atom is 0.413 e. The molecule has 2 rings (SSSR count). The van der Waals surface area contributed by atoms with Crippen LogP contribution in [-0.2, 0) is 10.3 Å². The molecule has 0 fully saturated rings. The van der Waals surface area contributed by atoms with E-state index in [1.54, 1.807) is 0 Å². The first-order valence-electron chi connectivity index (χ1n) is 7.75. The summed E-state index contributed by atoms with van der Waals surface area (Å²) in [5, 5.41) is 12.8. The van der Waals surface area contributed by atoms with Gasteiger partial charge in [-0.3, -0.25) is 10.3 Å². The summed E-state index contributed by atoms with van der Waals surface area (Å²) in [6, 6.07) is 7.93. The van der Waals surface area contributed by atoms with Crippen LogP contribution in [-0.4, -0.2) is 33.8 Å². The fourth-order valence-electron chi connectivity index (χ4n) is 2.50. The lowest BCUT2D eigenvalue weighted by Gasteiger charge is -2.35. The summed E-state index contributed by atoms with van der Waals surface area (Å²) >= 11 is 4.84. The highest BCUT2D eigenvalue weighted by atomic mass is 79.9. The number of nitrogens with zero attached hydrogens (tertiary/aromatic N) is 1. The van der Waals surface area contributed by atoms with Gasteiger partial charge < -0.3 is 9.84 Å². The molecule has 0 bridgehead atoms. The molecule has 2 N–H and O–H groups in total. The van der Waals surface area contributed by atoms with E-state index in [0.29, 0.717) is 11.6 Å². The smallest absolute Gasteiger partial charge is 0.413 e. The van der Waals surface area contributed by atoms with Crippen molar-refractivity contribution in [1.29, 1.82) is 0 Å². The molecule has 5 nitrogen and oxygen atoms in total. The molecule has 1 aliphatic heterocycles. The van der Waals surface area contributed by atoms with Crippen LogP contribution in [0, 0.1) is 0 Å².